The number of amides is 1. The first-order chi connectivity index (χ1) is 8.52. The van der Waals surface area contributed by atoms with E-state index in [1.165, 1.54) is 14.0 Å². The average molecular weight is 247 g/mol. The van der Waals surface area contributed by atoms with Crippen molar-refractivity contribution in [2.45, 2.75) is 13.8 Å². The van der Waals surface area contributed by atoms with E-state index in [1.807, 2.05) is 0 Å². The molecule has 18 heavy (non-hydrogen) atoms. The zero-order chi connectivity index (χ0) is 13.3. The molecule has 0 unspecified atom stereocenters. The molecule has 5 heteroatoms. The number of nitrogens with one attached hydrogen (secondary N) is 1. The maximum absolute atomic E-state index is 11.8. The summed E-state index contributed by atoms with van der Waals surface area (Å²) in [6, 6.07) is 5.20. The number of ether oxygens (including phenoxy) is 1. The Morgan fingerprint density at radius 1 is 1.39 bits per heavy atom. The van der Waals surface area contributed by atoms with Crippen molar-refractivity contribution in [3.05, 3.63) is 34.2 Å². The molecule has 0 saturated carbocycles. The third-order valence-electron chi connectivity index (χ3n) is 2.68. The number of carbonyl (C=O) groups is 1. The molecule has 5 nitrogen and oxygen atoms in total. The van der Waals surface area contributed by atoms with E-state index in [1.54, 1.807) is 25.1 Å². The molecule has 0 radical (unpaired) electrons. The molecule has 0 saturated heterocycles. The van der Waals surface area contributed by atoms with Gasteiger partial charge in [-0.15, -0.1) is 0 Å². The van der Waals surface area contributed by atoms with Crippen molar-refractivity contribution < 1.29 is 13.9 Å². The van der Waals surface area contributed by atoms with Gasteiger partial charge in [-0.25, -0.2) is 4.79 Å². The highest BCUT2D eigenvalue weighted by molar-refractivity contribution is 5.93. The minimum atomic E-state index is -0.566. The van der Waals surface area contributed by atoms with Crippen LogP contribution in [0.2, 0.25) is 0 Å². The van der Waals surface area contributed by atoms with Crippen LogP contribution in [0, 0.1) is 6.92 Å². The molecular weight excluding hydrogens is 234 g/mol. The van der Waals surface area contributed by atoms with Crippen LogP contribution in [0.1, 0.15) is 12.5 Å². The van der Waals surface area contributed by atoms with Gasteiger partial charge in [-0.05, 0) is 24.6 Å². The number of hydrogen-bond acceptors (Lipinski definition) is 4. The van der Waals surface area contributed by atoms with Crippen LogP contribution in [0.5, 0.6) is 5.75 Å². The zero-order valence-corrected chi connectivity index (χ0v) is 10.4. The Labute approximate surface area is 103 Å². The third-order valence-corrected chi connectivity index (χ3v) is 2.68. The van der Waals surface area contributed by atoms with Crippen LogP contribution >= 0.6 is 0 Å². The van der Waals surface area contributed by atoms with Crippen LogP contribution in [0.3, 0.4) is 0 Å². The van der Waals surface area contributed by atoms with Gasteiger partial charge in [0, 0.05) is 18.4 Å². The summed E-state index contributed by atoms with van der Waals surface area (Å²) < 4.78 is 10.2. The molecule has 0 fully saturated rings. The molecule has 1 N–H and O–H groups in total. The average Bonchev–Trinajstić information content (AvgIpc) is 2.33. The molecule has 2 rings (SSSR count). The number of methoxy groups -OCH3 is 1. The van der Waals surface area contributed by atoms with Crippen molar-refractivity contribution in [1.82, 2.24) is 0 Å². The Morgan fingerprint density at radius 2 is 2.11 bits per heavy atom. The standard InChI is InChI=1S/C13H13NO4/c1-7-10-5-4-9(17-3)6-11(10)18-13(16)12(7)14-8(2)15/h4-6H,1-3H3,(H,14,15). The fourth-order valence-corrected chi connectivity index (χ4v) is 1.78. The van der Waals surface area contributed by atoms with Gasteiger partial charge in [0.1, 0.15) is 17.0 Å². The fourth-order valence-electron chi connectivity index (χ4n) is 1.78. The summed E-state index contributed by atoms with van der Waals surface area (Å²) in [5, 5.41) is 3.25. The molecule has 0 bridgehead atoms. The molecule has 0 atom stereocenters. The van der Waals surface area contributed by atoms with E-state index in [4.69, 9.17) is 9.15 Å². The van der Waals surface area contributed by atoms with E-state index in [0.717, 1.165) is 5.39 Å². The minimum Gasteiger partial charge on any atom is -0.497 e. The van der Waals surface area contributed by atoms with E-state index in [-0.39, 0.29) is 11.6 Å². The highest BCUT2D eigenvalue weighted by atomic mass is 16.5. The molecule has 94 valence electrons. The molecule has 0 aliphatic heterocycles. The molecule has 1 aromatic heterocycles. The van der Waals surface area contributed by atoms with Gasteiger partial charge >= 0.3 is 5.63 Å². The minimum absolute atomic E-state index is 0.181. The topological polar surface area (TPSA) is 68.5 Å². The van der Waals surface area contributed by atoms with E-state index in [9.17, 15) is 9.59 Å². The number of fused-ring (bicyclic) bond motifs is 1. The SMILES string of the molecule is COc1ccc2c(C)c(NC(C)=O)c(=O)oc2c1. The molecule has 0 spiro atoms. The summed E-state index contributed by atoms with van der Waals surface area (Å²) in [7, 11) is 1.54. The van der Waals surface area contributed by atoms with Crippen molar-refractivity contribution in [3.63, 3.8) is 0 Å². The van der Waals surface area contributed by atoms with Crippen LogP contribution in [0.4, 0.5) is 5.69 Å². The molecule has 1 aromatic carbocycles. The lowest BCUT2D eigenvalue weighted by atomic mass is 10.1. The quantitative estimate of drug-likeness (QED) is 0.825. The summed E-state index contributed by atoms with van der Waals surface area (Å²) in [5.74, 6) is 0.301. The van der Waals surface area contributed by atoms with Crippen molar-refractivity contribution >= 4 is 22.6 Å². The maximum atomic E-state index is 11.8. The number of aryl methyl sites for hydroxylation is 1. The van der Waals surface area contributed by atoms with Crippen molar-refractivity contribution in [2.24, 2.45) is 0 Å². The van der Waals surface area contributed by atoms with Gasteiger partial charge in [0.05, 0.1) is 7.11 Å². The first kappa shape index (κ1) is 12.2. The first-order valence-electron chi connectivity index (χ1n) is 5.42. The highest BCUT2D eigenvalue weighted by Crippen LogP contribution is 2.25. The second-order valence-corrected chi connectivity index (χ2v) is 3.93. The second-order valence-electron chi connectivity index (χ2n) is 3.93. The Morgan fingerprint density at radius 3 is 2.72 bits per heavy atom. The van der Waals surface area contributed by atoms with Crippen LogP contribution < -0.4 is 15.7 Å². The van der Waals surface area contributed by atoms with Crippen LogP contribution in [0.25, 0.3) is 11.0 Å². The zero-order valence-electron chi connectivity index (χ0n) is 10.4. The predicted molar refractivity (Wildman–Crippen MR) is 68.1 cm³/mol. The number of rotatable bonds is 2. The predicted octanol–water partition coefficient (Wildman–Crippen LogP) is 2.07. The summed E-state index contributed by atoms with van der Waals surface area (Å²) in [5.41, 5.74) is 0.730. The Hall–Kier alpha value is -2.30. The van der Waals surface area contributed by atoms with Crippen LogP contribution in [-0.4, -0.2) is 13.0 Å². The Kier molecular flexibility index (Phi) is 3.06. The normalized spacial score (nSPS) is 10.4. The van der Waals surface area contributed by atoms with Gasteiger partial charge in [0.25, 0.3) is 0 Å². The lowest BCUT2D eigenvalue weighted by Crippen LogP contribution is -2.16. The summed E-state index contributed by atoms with van der Waals surface area (Å²) in [6.07, 6.45) is 0. The number of anilines is 1. The Balaban J connectivity index is 2.71. The molecule has 2 aromatic rings. The van der Waals surface area contributed by atoms with Crippen molar-refractivity contribution in [2.75, 3.05) is 12.4 Å². The van der Waals surface area contributed by atoms with Gasteiger partial charge in [-0.3, -0.25) is 4.79 Å². The van der Waals surface area contributed by atoms with Gasteiger partial charge < -0.3 is 14.5 Å². The van der Waals surface area contributed by atoms with Crippen LogP contribution in [0.15, 0.2) is 27.4 Å². The van der Waals surface area contributed by atoms with Crippen LogP contribution in [-0.2, 0) is 4.79 Å². The molecule has 0 aliphatic carbocycles. The lowest BCUT2D eigenvalue weighted by Gasteiger charge is -2.08. The Bertz CT molecular complexity index is 672. The summed E-state index contributed by atoms with van der Waals surface area (Å²) >= 11 is 0. The fraction of sp³-hybridized carbons (Fsp3) is 0.231. The summed E-state index contributed by atoms with van der Waals surface area (Å²) in [6.45, 7) is 3.11. The van der Waals surface area contributed by atoms with Gasteiger partial charge in [0.15, 0.2) is 0 Å². The van der Waals surface area contributed by atoms with Gasteiger partial charge in [-0.1, -0.05) is 0 Å². The number of carbonyl (C=O) groups excluding carboxylic acids is 1. The van der Waals surface area contributed by atoms with Crippen molar-refractivity contribution in [3.8, 4) is 5.75 Å². The van der Waals surface area contributed by atoms with Crippen molar-refractivity contribution in [1.29, 1.82) is 0 Å². The van der Waals surface area contributed by atoms with E-state index >= 15 is 0 Å². The number of benzene rings is 1. The molecule has 1 heterocycles. The molecule has 1 amide bonds. The summed E-state index contributed by atoms with van der Waals surface area (Å²) in [4.78, 5) is 22.8. The highest BCUT2D eigenvalue weighted by Gasteiger charge is 2.12. The third kappa shape index (κ3) is 2.07. The monoisotopic (exact) mass is 247 g/mol. The second kappa shape index (κ2) is 4.52. The number of hydrogen-bond donors (Lipinski definition) is 1. The van der Waals surface area contributed by atoms with E-state index in [2.05, 4.69) is 5.32 Å². The largest absolute Gasteiger partial charge is 0.497 e. The smallest absolute Gasteiger partial charge is 0.360 e. The maximum Gasteiger partial charge on any atom is 0.360 e. The lowest BCUT2D eigenvalue weighted by molar-refractivity contribution is -0.114. The van der Waals surface area contributed by atoms with Gasteiger partial charge in [-0.2, -0.15) is 0 Å². The molecular formula is C13H13NO4. The first-order valence-corrected chi connectivity index (χ1v) is 5.42. The van der Waals surface area contributed by atoms with Gasteiger partial charge in [0.2, 0.25) is 5.91 Å². The van der Waals surface area contributed by atoms with E-state index in [0.29, 0.717) is 16.9 Å². The van der Waals surface area contributed by atoms with E-state index < -0.39 is 5.63 Å². The molecule has 0 aliphatic rings.